The molecular formula is C28H39F5N6O3S2. The van der Waals surface area contributed by atoms with Gasteiger partial charge in [-0.2, -0.15) is 13.2 Å². The number of thioether (sulfide) groups is 1. The van der Waals surface area contributed by atoms with Crippen molar-refractivity contribution in [3.63, 3.8) is 0 Å². The van der Waals surface area contributed by atoms with E-state index in [2.05, 4.69) is 20.0 Å². The Balaban J connectivity index is 1.23. The first kappa shape index (κ1) is 33.5. The molecule has 4 aliphatic heterocycles. The monoisotopic (exact) mass is 666 g/mol. The van der Waals surface area contributed by atoms with Crippen LogP contribution in [0.25, 0.3) is 0 Å². The number of hydrazine groups is 1. The number of rotatable bonds is 11. The molecule has 5 rings (SSSR count). The highest BCUT2D eigenvalue weighted by atomic mass is 32.2. The van der Waals surface area contributed by atoms with Crippen molar-refractivity contribution in [1.29, 1.82) is 0 Å². The van der Waals surface area contributed by atoms with Crippen molar-refractivity contribution in [2.45, 2.75) is 54.4 Å². The minimum atomic E-state index is -4.56. The number of benzene rings is 1. The van der Waals surface area contributed by atoms with Crippen LogP contribution in [0.4, 0.5) is 22.0 Å². The summed E-state index contributed by atoms with van der Waals surface area (Å²) in [7, 11) is -3.28. The highest BCUT2D eigenvalue weighted by Crippen LogP contribution is 2.42. The zero-order chi connectivity index (χ0) is 31.7. The van der Waals surface area contributed by atoms with Crippen molar-refractivity contribution < 1.29 is 35.5 Å². The van der Waals surface area contributed by atoms with Gasteiger partial charge in [-0.25, -0.2) is 27.3 Å². The van der Waals surface area contributed by atoms with Gasteiger partial charge in [-0.1, -0.05) is 6.07 Å². The van der Waals surface area contributed by atoms with E-state index in [1.54, 1.807) is 11.1 Å². The molecular weight excluding hydrogens is 627 g/mol. The van der Waals surface area contributed by atoms with Gasteiger partial charge in [0.25, 0.3) is 5.92 Å². The Bertz CT molecular complexity index is 1340. The van der Waals surface area contributed by atoms with E-state index in [1.807, 2.05) is 11.1 Å². The van der Waals surface area contributed by atoms with E-state index in [-0.39, 0.29) is 61.2 Å². The van der Waals surface area contributed by atoms with Gasteiger partial charge in [0.15, 0.2) is 0 Å². The van der Waals surface area contributed by atoms with Crippen LogP contribution in [0.2, 0.25) is 0 Å². The number of sulfonamides is 1. The number of aliphatic imine (C=N–C) groups is 1. The number of piperidine rings is 1. The van der Waals surface area contributed by atoms with Crippen molar-refractivity contribution in [3.05, 3.63) is 41.1 Å². The largest absolute Gasteiger partial charge is 0.417 e. The van der Waals surface area contributed by atoms with E-state index in [4.69, 9.17) is 0 Å². The number of dihydropyridines is 1. The van der Waals surface area contributed by atoms with E-state index in [0.717, 1.165) is 29.8 Å². The summed E-state index contributed by atoms with van der Waals surface area (Å²) in [6.45, 7) is 2.48. The second-order valence-corrected chi connectivity index (χ2v) is 14.9. The fourth-order valence-corrected chi connectivity index (χ4v) is 8.32. The fourth-order valence-electron chi connectivity index (χ4n) is 6.36. The smallest absolute Gasteiger partial charge is 0.390 e. The van der Waals surface area contributed by atoms with Crippen molar-refractivity contribution in [3.8, 4) is 0 Å². The second kappa shape index (κ2) is 13.5. The van der Waals surface area contributed by atoms with Gasteiger partial charge in [-0.15, -0.1) is 11.8 Å². The number of alkyl halides is 5. The fraction of sp³-hybridized carbons (Fsp3) is 0.679. The van der Waals surface area contributed by atoms with Crippen LogP contribution in [0.3, 0.4) is 0 Å². The molecule has 0 bridgehead atoms. The lowest BCUT2D eigenvalue weighted by Gasteiger charge is -2.34. The Morgan fingerprint density at radius 3 is 2.59 bits per heavy atom. The van der Waals surface area contributed by atoms with Gasteiger partial charge < -0.3 is 15.0 Å². The molecule has 16 heteroatoms. The highest BCUT2D eigenvalue weighted by molar-refractivity contribution is 7.99. The van der Waals surface area contributed by atoms with Gasteiger partial charge >= 0.3 is 6.18 Å². The average molecular weight is 667 g/mol. The molecule has 0 spiro atoms. The zero-order valence-corrected chi connectivity index (χ0v) is 26.1. The molecule has 0 amide bonds. The molecule has 246 valence electrons. The Kier molecular flexibility index (Phi) is 10.3. The van der Waals surface area contributed by atoms with Crippen molar-refractivity contribution >= 4 is 28.0 Å². The second-order valence-electron chi connectivity index (χ2n) is 12.0. The molecule has 1 aromatic carbocycles. The van der Waals surface area contributed by atoms with Crippen LogP contribution in [0.5, 0.6) is 0 Å². The molecule has 0 saturated carbocycles. The highest BCUT2D eigenvalue weighted by Gasteiger charge is 2.41. The van der Waals surface area contributed by atoms with E-state index in [9.17, 15) is 35.5 Å². The Hall–Kier alpha value is -1.82. The lowest BCUT2D eigenvalue weighted by molar-refractivity contribution is -0.139. The molecule has 44 heavy (non-hydrogen) atoms. The molecule has 4 heterocycles. The maximum absolute atomic E-state index is 13.9. The molecule has 3 fully saturated rings. The van der Waals surface area contributed by atoms with Crippen LogP contribution in [-0.2, 0) is 16.2 Å². The van der Waals surface area contributed by atoms with E-state index < -0.39 is 33.8 Å². The van der Waals surface area contributed by atoms with E-state index in [0.29, 0.717) is 44.6 Å². The number of hydrogen-bond donors (Lipinski definition) is 3. The van der Waals surface area contributed by atoms with Gasteiger partial charge in [0.05, 0.1) is 37.1 Å². The van der Waals surface area contributed by atoms with Gasteiger partial charge in [-0.05, 0) is 49.7 Å². The van der Waals surface area contributed by atoms with Gasteiger partial charge in [0, 0.05) is 67.1 Å². The molecule has 0 radical (unpaired) electrons. The summed E-state index contributed by atoms with van der Waals surface area (Å²) in [5.41, 5.74) is 4.18. The standard InChI is InChI=1S/C28H39F5N6O3S2/c1-44(41,42)36-20-5-9-37(10-6-20)16-21(40)17-39-24-4-8-34-15-22(24)26(35-39)19-2-3-23(28(31,32)33)25(14-19)43-13-12-38-11-7-27(29,30)18-38/h2-4,8,14,20-22,26,35-36,40H,5-7,9-13,15-18H2,1H3. The Labute approximate surface area is 258 Å². The first-order valence-corrected chi connectivity index (χ1v) is 17.6. The summed E-state index contributed by atoms with van der Waals surface area (Å²) in [5, 5.41) is 12.8. The predicted octanol–water partition coefficient (Wildman–Crippen LogP) is 2.96. The van der Waals surface area contributed by atoms with Crippen LogP contribution >= 0.6 is 11.8 Å². The quantitative estimate of drug-likeness (QED) is 0.245. The summed E-state index contributed by atoms with van der Waals surface area (Å²) in [5.74, 6) is -2.65. The first-order valence-electron chi connectivity index (χ1n) is 14.7. The van der Waals surface area contributed by atoms with E-state index >= 15 is 0 Å². The summed E-state index contributed by atoms with van der Waals surface area (Å²) < 4.78 is 94.5. The molecule has 3 atom stereocenters. The Morgan fingerprint density at radius 1 is 1.18 bits per heavy atom. The minimum Gasteiger partial charge on any atom is -0.390 e. The first-order chi connectivity index (χ1) is 20.7. The van der Waals surface area contributed by atoms with Gasteiger partial charge in [0.2, 0.25) is 10.0 Å². The van der Waals surface area contributed by atoms with Crippen molar-refractivity contribution in [2.75, 3.05) is 64.4 Å². The molecule has 3 saturated heterocycles. The summed E-state index contributed by atoms with van der Waals surface area (Å²) in [4.78, 5) is 8.11. The van der Waals surface area contributed by atoms with Crippen LogP contribution in [0.1, 0.15) is 36.4 Å². The maximum Gasteiger partial charge on any atom is 0.417 e. The molecule has 1 aromatic rings. The average Bonchev–Trinajstić information content (AvgIpc) is 3.47. The third-order valence-electron chi connectivity index (χ3n) is 8.46. The number of halogens is 5. The van der Waals surface area contributed by atoms with Crippen LogP contribution < -0.4 is 10.1 Å². The Morgan fingerprint density at radius 2 is 1.93 bits per heavy atom. The van der Waals surface area contributed by atoms with Gasteiger partial charge in [-0.3, -0.25) is 9.89 Å². The number of likely N-dealkylation sites (tertiary alicyclic amines) is 2. The summed E-state index contributed by atoms with van der Waals surface area (Å²) >= 11 is 1.02. The van der Waals surface area contributed by atoms with Gasteiger partial charge in [0.1, 0.15) is 0 Å². The minimum absolute atomic E-state index is 0.0554. The normalized spacial score (nSPS) is 25.8. The number of hydrogen-bond acceptors (Lipinski definition) is 9. The van der Waals surface area contributed by atoms with Crippen LogP contribution in [0, 0.1) is 5.92 Å². The number of nitrogens with one attached hydrogen (secondary N) is 2. The number of fused-ring (bicyclic) bond motifs is 1. The number of aliphatic hydroxyl groups excluding tert-OH is 1. The summed E-state index contributed by atoms with van der Waals surface area (Å²) in [6.07, 6.45) is 0.433. The lowest BCUT2D eigenvalue weighted by atomic mass is 9.91. The molecule has 0 aromatic heterocycles. The molecule has 3 N–H and O–H groups in total. The van der Waals surface area contributed by atoms with Crippen LogP contribution in [-0.4, -0.2) is 117 Å². The number of nitrogens with zero attached hydrogens (tertiary/aromatic N) is 4. The van der Waals surface area contributed by atoms with Crippen LogP contribution in [0.15, 0.2) is 39.9 Å². The molecule has 4 aliphatic rings. The topological polar surface area (TPSA) is 101 Å². The predicted molar refractivity (Wildman–Crippen MR) is 159 cm³/mol. The lowest BCUT2D eigenvalue weighted by Crippen LogP contribution is -2.48. The van der Waals surface area contributed by atoms with Crippen molar-refractivity contribution in [1.82, 2.24) is 25.0 Å². The van der Waals surface area contributed by atoms with Crippen molar-refractivity contribution in [2.24, 2.45) is 10.9 Å². The molecule has 0 aliphatic carbocycles. The number of β-amino-alcohol motifs (C(OH)–C–C–N with tert-alkyl or cyclic N) is 1. The maximum atomic E-state index is 13.9. The van der Waals surface area contributed by atoms with E-state index in [1.165, 1.54) is 12.1 Å². The third kappa shape index (κ3) is 8.70. The molecule has 3 unspecified atom stereocenters. The summed E-state index contributed by atoms with van der Waals surface area (Å²) in [6, 6.07) is 3.59. The third-order valence-corrected chi connectivity index (χ3v) is 10.3. The zero-order valence-electron chi connectivity index (χ0n) is 24.4. The molecule has 9 nitrogen and oxygen atoms in total. The number of allylic oxidation sites excluding steroid dienone is 1. The number of aliphatic hydroxyl groups is 1. The SMILES string of the molecule is CS(=O)(=O)NC1CCN(CC(O)CN2NC(c3ccc(C(F)(F)F)c(SCCN4CCC(F)(F)C4)c3)C3CN=CC=C32)CC1.